The largest absolute Gasteiger partial charge is 0.316 e. The van der Waals surface area contributed by atoms with Gasteiger partial charge in [0.2, 0.25) is 0 Å². The maximum absolute atomic E-state index is 14.5. The van der Waals surface area contributed by atoms with Crippen LogP contribution in [0.15, 0.2) is 47.1 Å². The van der Waals surface area contributed by atoms with Gasteiger partial charge >= 0.3 is 0 Å². The van der Waals surface area contributed by atoms with Gasteiger partial charge in [-0.1, -0.05) is 24.9 Å². The molecule has 0 radical (unpaired) electrons. The Kier molecular flexibility index (Phi) is 9.18. The van der Waals surface area contributed by atoms with Gasteiger partial charge in [0.25, 0.3) is 0 Å². The lowest BCUT2D eigenvalue weighted by Crippen LogP contribution is -2.42. The fourth-order valence-corrected chi connectivity index (χ4v) is 6.27. The molecular weight excluding hydrogens is 485 g/mol. The Balaban J connectivity index is 1.37. The third-order valence-corrected chi connectivity index (χ3v) is 8.45. The molecule has 0 bridgehead atoms. The SMILES string of the molecule is CCC(CCN(C)CC1CNCC1C1CC=C(F)C=C1F)C1CCC(C)=NN1c1ccc(F)c(Cl)c1. The molecule has 4 rings (SSSR count). The van der Waals surface area contributed by atoms with Crippen LogP contribution in [0.3, 0.4) is 0 Å². The average Bonchev–Trinajstić information content (AvgIpc) is 3.29. The number of benzene rings is 1. The van der Waals surface area contributed by atoms with Crippen molar-refractivity contribution in [3.63, 3.8) is 0 Å². The summed E-state index contributed by atoms with van der Waals surface area (Å²) in [6, 6.07) is 5.04. The van der Waals surface area contributed by atoms with Crippen LogP contribution in [0, 0.1) is 29.5 Å². The number of anilines is 1. The van der Waals surface area contributed by atoms with Crippen LogP contribution in [0.2, 0.25) is 5.02 Å². The van der Waals surface area contributed by atoms with Crippen LogP contribution >= 0.6 is 11.6 Å². The van der Waals surface area contributed by atoms with E-state index in [1.807, 2.05) is 11.9 Å². The fourth-order valence-electron chi connectivity index (χ4n) is 6.10. The molecule has 8 heteroatoms. The molecule has 5 atom stereocenters. The third kappa shape index (κ3) is 6.35. The zero-order valence-electron chi connectivity index (χ0n) is 21.5. The summed E-state index contributed by atoms with van der Waals surface area (Å²) in [7, 11) is 2.13. The standard InChI is InChI=1S/C28H38ClF3N4/c1-4-19(28-10-5-18(2)34-36(28)22-7-9-26(31)25(29)14-22)11-12-35(3)17-20-15-33-16-24(20)23-8-6-21(30)13-27(23)32/h6-7,9,13-14,19-20,23-24,28,33H,4-5,8,10-12,15-17H2,1-3H3. The first-order valence-electron chi connectivity index (χ1n) is 13.2. The van der Waals surface area contributed by atoms with Gasteiger partial charge < -0.3 is 10.2 Å². The predicted molar refractivity (Wildman–Crippen MR) is 142 cm³/mol. The number of hydrogen-bond donors (Lipinski definition) is 1. The maximum atomic E-state index is 14.5. The van der Waals surface area contributed by atoms with Crippen molar-refractivity contribution in [2.24, 2.45) is 28.8 Å². The van der Waals surface area contributed by atoms with E-state index in [1.165, 1.54) is 12.1 Å². The zero-order chi connectivity index (χ0) is 25.8. The molecule has 2 heterocycles. The molecule has 4 nitrogen and oxygen atoms in total. The van der Waals surface area contributed by atoms with E-state index in [9.17, 15) is 13.2 Å². The topological polar surface area (TPSA) is 30.9 Å². The number of halogens is 4. The number of hydrogen-bond acceptors (Lipinski definition) is 4. The Morgan fingerprint density at radius 3 is 2.78 bits per heavy atom. The van der Waals surface area contributed by atoms with Crippen molar-refractivity contribution in [2.75, 3.05) is 38.2 Å². The Morgan fingerprint density at radius 2 is 2.06 bits per heavy atom. The number of allylic oxidation sites excluding steroid dienone is 4. The Morgan fingerprint density at radius 1 is 1.25 bits per heavy atom. The van der Waals surface area contributed by atoms with Crippen molar-refractivity contribution in [3.05, 3.63) is 52.8 Å². The van der Waals surface area contributed by atoms with Crippen LogP contribution in [-0.4, -0.2) is 49.9 Å². The lowest BCUT2D eigenvalue weighted by molar-refractivity contribution is 0.195. The summed E-state index contributed by atoms with van der Waals surface area (Å²) < 4.78 is 41.7. The van der Waals surface area contributed by atoms with Crippen LogP contribution < -0.4 is 10.3 Å². The second-order valence-electron chi connectivity index (χ2n) is 10.6. The third-order valence-electron chi connectivity index (χ3n) is 8.16. The highest BCUT2D eigenvalue weighted by molar-refractivity contribution is 6.31. The first-order valence-corrected chi connectivity index (χ1v) is 13.5. The number of rotatable bonds is 9. The summed E-state index contributed by atoms with van der Waals surface area (Å²) >= 11 is 6.09. The van der Waals surface area contributed by atoms with Gasteiger partial charge in [-0.2, -0.15) is 5.10 Å². The van der Waals surface area contributed by atoms with Crippen molar-refractivity contribution < 1.29 is 13.2 Å². The molecule has 0 amide bonds. The summed E-state index contributed by atoms with van der Waals surface area (Å²) in [5.41, 5.74) is 1.89. The normalized spacial score (nSPS) is 27.7. The fraction of sp³-hybridized carbons (Fsp3) is 0.607. The van der Waals surface area contributed by atoms with E-state index in [-0.39, 0.29) is 28.7 Å². The summed E-state index contributed by atoms with van der Waals surface area (Å²) in [6.07, 6.45) is 6.96. The van der Waals surface area contributed by atoms with E-state index in [0.717, 1.165) is 69.3 Å². The Bertz CT molecular complexity index is 1010. The van der Waals surface area contributed by atoms with E-state index >= 15 is 0 Å². The molecule has 5 unspecified atom stereocenters. The lowest BCUT2D eigenvalue weighted by atomic mass is 9.79. The molecule has 1 aromatic rings. The van der Waals surface area contributed by atoms with Crippen molar-refractivity contribution in [1.29, 1.82) is 0 Å². The van der Waals surface area contributed by atoms with Crippen LogP contribution in [0.4, 0.5) is 18.9 Å². The summed E-state index contributed by atoms with van der Waals surface area (Å²) in [5, 5.41) is 10.4. The molecule has 1 aliphatic carbocycles. The molecule has 0 spiro atoms. The number of hydrazone groups is 1. The second-order valence-corrected chi connectivity index (χ2v) is 11.1. The van der Waals surface area contributed by atoms with Gasteiger partial charge in [-0.25, -0.2) is 13.2 Å². The van der Waals surface area contributed by atoms with E-state index in [2.05, 4.69) is 24.2 Å². The first kappa shape index (κ1) is 27.2. The van der Waals surface area contributed by atoms with Crippen molar-refractivity contribution in [3.8, 4) is 0 Å². The van der Waals surface area contributed by atoms with Crippen LogP contribution in [0.5, 0.6) is 0 Å². The van der Waals surface area contributed by atoms with Crippen LogP contribution in [0.1, 0.15) is 46.0 Å². The summed E-state index contributed by atoms with van der Waals surface area (Å²) in [6.45, 7) is 7.68. The van der Waals surface area contributed by atoms with Crippen LogP contribution in [-0.2, 0) is 0 Å². The predicted octanol–water partition coefficient (Wildman–Crippen LogP) is 6.73. The zero-order valence-corrected chi connectivity index (χ0v) is 22.2. The van der Waals surface area contributed by atoms with Gasteiger partial charge in [0.1, 0.15) is 17.5 Å². The van der Waals surface area contributed by atoms with Gasteiger partial charge in [-0.3, -0.25) is 5.01 Å². The van der Waals surface area contributed by atoms with Gasteiger partial charge in [-0.05, 0) is 101 Å². The minimum atomic E-state index is -0.465. The molecule has 3 aliphatic rings. The molecule has 1 aromatic carbocycles. The molecular formula is C28H38ClF3N4. The Labute approximate surface area is 218 Å². The van der Waals surface area contributed by atoms with Crippen molar-refractivity contribution >= 4 is 23.0 Å². The number of nitrogens with zero attached hydrogens (tertiary/aromatic N) is 3. The minimum Gasteiger partial charge on any atom is -0.316 e. The van der Waals surface area contributed by atoms with E-state index < -0.39 is 11.6 Å². The van der Waals surface area contributed by atoms with Gasteiger partial charge in [-0.15, -0.1) is 0 Å². The second kappa shape index (κ2) is 12.1. The quantitative estimate of drug-likeness (QED) is 0.390. The van der Waals surface area contributed by atoms with E-state index in [4.69, 9.17) is 16.7 Å². The smallest absolute Gasteiger partial charge is 0.141 e. The van der Waals surface area contributed by atoms with Crippen LogP contribution in [0.25, 0.3) is 0 Å². The van der Waals surface area contributed by atoms with Gasteiger partial charge in [0.05, 0.1) is 16.8 Å². The van der Waals surface area contributed by atoms with Gasteiger partial charge in [0, 0.05) is 24.3 Å². The highest BCUT2D eigenvalue weighted by Gasteiger charge is 2.37. The molecule has 0 aromatic heterocycles. The van der Waals surface area contributed by atoms with Crippen molar-refractivity contribution in [2.45, 2.75) is 52.0 Å². The van der Waals surface area contributed by atoms with E-state index in [0.29, 0.717) is 18.3 Å². The summed E-state index contributed by atoms with van der Waals surface area (Å²) in [4.78, 5) is 2.35. The van der Waals surface area contributed by atoms with E-state index in [1.54, 1.807) is 12.1 Å². The minimum absolute atomic E-state index is 0.111. The number of nitrogens with one attached hydrogen (secondary N) is 1. The molecule has 1 saturated heterocycles. The molecule has 2 aliphatic heterocycles. The molecule has 1 N–H and O–H groups in total. The molecule has 0 saturated carbocycles. The molecule has 1 fully saturated rings. The average molecular weight is 523 g/mol. The van der Waals surface area contributed by atoms with Crippen molar-refractivity contribution in [1.82, 2.24) is 10.2 Å². The summed E-state index contributed by atoms with van der Waals surface area (Å²) in [5.74, 6) is -0.534. The van der Waals surface area contributed by atoms with Gasteiger partial charge in [0.15, 0.2) is 0 Å². The first-order chi connectivity index (χ1) is 17.3. The molecule has 198 valence electrons. The highest BCUT2D eigenvalue weighted by atomic mass is 35.5. The molecule has 36 heavy (non-hydrogen) atoms. The monoisotopic (exact) mass is 522 g/mol. The maximum Gasteiger partial charge on any atom is 0.141 e. The lowest BCUT2D eigenvalue weighted by Gasteiger charge is -2.39. The Hall–Kier alpha value is -1.83. The highest BCUT2D eigenvalue weighted by Crippen LogP contribution is 2.38.